The van der Waals surface area contributed by atoms with Crippen molar-refractivity contribution in [3.8, 4) is 17.0 Å². The van der Waals surface area contributed by atoms with E-state index in [1.807, 2.05) is 24.7 Å². The number of hydrogen-bond donors (Lipinski definition) is 1. The second-order valence-corrected chi connectivity index (χ2v) is 5.70. The molecule has 1 aromatic heterocycles. The topological polar surface area (TPSA) is 53.1 Å². The predicted molar refractivity (Wildman–Crippen MR) is 85.1 cm³/mol. The van der Waals surface area contributed by atoms with Crippen LogP contribution in [0.3, 0.4) is 0 Å². The van der Waals surface area contributed by atoms with E-state index in [1.165, 1.54) is 0 Å². The van der Waals surface area contributed by atoms with Crippen molar-refractivity contribution in [1.82, 2.24) is 9.78 Å². The second-order valence-electron chi connectivity index (χ2n) is 4.91. The minimum Gasteiger partial charge on any atom is -0.496 e. The molecule has 1 aromatic carbocycles. The molecule has 0 radical (unpaired) electrons. The lowest BCUT2D eigenvalue weighted by atomic mass is 10.0. The van der Waals surface area contributed by atoms with E-state index in [0.29, 0.717) is 6.54 Å². The lowest BCUT2D eigenvalue weighted by Gasteiger charge is -2.10. The average molecular weight is 338 g/mol. The Morgan fingerprint density at radius 1 is 1.30 bits per heavy atom. The van der Waals surface area contributed by atoms with Gasteiger partial charge in [-0.1, -0.05) is 0 Å². The van der Waals surface area contributed by atoms with Gasteiger partial charge in [0.05, 0.1) is 17.3 Å². The number of nitrogens with two attached hydrogens (primary N) is 1. The van der Waals surface area contributed by atoms with Gasteiger partial charge in [-0.25, -0.2) is 0 Å². The number of aryl methyl sites for hydroxylation is 3. The monoisotopic (exact) mass is 337 g/mol. The van der Waals surface area contributed by atoms with Gasteiger partial charge < -0.3 is 10.5 Å². The molecule has 4 nitrogen and oxygen atoms in total. The maximum atomic E-state index is 5.66. The molecule has 0 atom stereocenters. The SMILES string of the molecule is COc1cc(C)c(-c2nn(C)c(CCN)c2Br)cc1C. The van der Waals surface area contributed by atoms with Crippen LogP contribution in [0.25, 0.3) is 11.3 Å². The van der Waals surface area contributed by atoms with Gasteiger partial charge in [0.1, 0.15) is 11.4 Å². The molecular weight excluding hydrogens is 318 g/mol. The van der Waals surface area contributed by atoms with E-state index in [-0.39, 0.29) is 0 Å². The van der Waals surface area contributed by atoms with E-state index in [4.69, 9.17) is 10.5 Å². The largest absolute Gasteiger partial charge is 0.496 e. The smallest absolute Gasteiger partial charge is 0.122 e. The second kappa shape index (κ2) is 5.97. The molecule has 5 heteroatoms. The molecule has 20 heavy (non-hydrogen) atoms. The molecule has 0 aliphatic heterocycles. The van der Waals surface area contributed by atoms with E-state index in [0.717, 1.165) is 44.7 Å². The van der Waals surface area contributed by atoms with Gasteiger partial charge >= 0.3 is 0 Å². The first kappa shape index (κ1) is 15.1. The summed E-state index contributed by atoms with van der Waals surface area (Å²) in [5.74, 6) is 0.903. The highest BCUT2D eigenvalue weighted by Crippen LogP contribution is 2.35. The summed E-state index contributed by atoms with van der Waals surface area (Å²) in [7, 11) is 3.64. The summed E-state index contributed by atoms with van der Waals surface area (Å²) in [5, 5.41) is 4.63. The highest BCUT2D eigenvalue weighted by atomic mass is 79.9. The lowest BCUT2D eigenvalue weighted by molar-refractivity contribution is 0.411. The summed E-state index contributed by atoms with van der Waals surface area (Å²) < 4.78 is 8.28. The first-order valence-electron chi connectivity index (χ1n) is 6.56. The number of ether oxygens (including phenoxy) is 1. The Morgan fingerprint density at radius 2 is 2.00 bits per heavy atom. The summed E-state index contributed by atoms with van der Waals surface area (Å²) in [6, 6.07) is 4.17. The van der Waals surface area contributed by atoms with E-state index >= 15 is 0 Å². The van der Waals surface area contributed by atoms with Crippen LogP contribution >= 0.6 is 15.9 Å². The number of halogens is 1. The summed E-state index contributed by atoms with van der Waals surface area (Å²) in [6.45, 7) is 4.72. The van der Waals surface area contributed by atoms with Gasteiger partial charge in [0.2, 0.25) is 0 Å². The van der Waals surface area contributed by atoms with Crippen LogP contribution in [-0.4, -0.2) is 23.4 Å². The fourth-order valence-electron chi connectivity index (χ4n) is 2.38. The number of hydrogen-bond acceptors (Lipinski definition) is 3. The highest BCUT2D eigenvalue weighted by Gasteiger charge is 2.17. The Labute approximate surface area is 128 Å². The summed E-state index contributed by atoms with van der Waals surface area (Å²) >= 11 is 3.66. The van der Waals surface area contributed by atoms with Crippen LogP contribution in [0, 0.1) is 13.8 Å². The summed E-state index contributed by atoms with van der Waals surface area (Å²) in [4.78, 5) is 0. The van der Waals surface area contributed by atoms with Gasteiger partial charge in [-0.05, 0) is 59.6 Å². The summed E-state index contributed by atoms with van der Waals surface area (Å²) in [5.41, 5.74) is 11.1. The van der Waals surface area contributed by atoms with Crippen LogP contribution in [0.15, 0.2) is 16.6 Å². The highest BCUT2D eigenvalue weighted by molar-refractivity contribution is 9.10. The van der Waals surface area contributed by atoms with Crippen LogP contribution in [0.4, 0.5) is 0 Å². The third kappa shape index (κ3) is 2.60. The molecule has 0 amide bonds. The van der Waals surface area contributed by atoms with Crippen molar-refractivity contribution in [3.63, 3.8) is 0 Å². The van der Waals surface area contributed by atoms with Crippen LogP contribution < -0.4 is 10.5 Å². The lowest BCUT2D eigenvalue weighted by Crippen LogP contribution is -2.07. The zero-order valence-corrected chi connectivity index (χ0v) is 13.9. The fraction of sp³-hybridized carbons (Fsp3) is 0.400. The molecule has 2 rings (SSSR count). The molecule has 1 heterocycles. The van der Waals surface area contributed by atoms with Gasteiger partial charge in [0, 0.05) is 19.0 Å². The molecule has 0 saturated carbocycles. The number of rotatable bonds is 4. The van der Waals surface area contributed by atoms with Gasteiger partial charge in [0.25, 0.3) is 0 Å². The van der Waals surface area contributed by atoms with Gasteiger partial charge in [0.15, 0.2) is 0 Å². The Hall–Kier alpha value is -1.33. The van der Waals surface area contributed by atoms with Crippen molar-refractivity contribution < 1.29 is 4.74 Å². The van der Waals surface area contributed by atoms with Crippen LogP contribution in [0.1, 0.15) is 16.8 Å². The predicted octanol–water partition coefficient (Wildman–Crippen LogP) is 2.98. The number of methoxy groups -OCH3 is 1. The summed E-state index contributed by atoms with van der Waals surface area (Å²) in [6.07, 6.45) is 0.804. The van der Waals surface area contributed by atoms with Gasteiger partial charge in [-0.3, -0.25) is 4.68 Å². The first-order chi connectivity index (χ1) is 9.49. The minimum atomic E-state index is 0.609. The Bertz CT molecular complexity index is 635. The molecule has 0 spiro atoms. The first-order valence-corrected chi connectivity index (χ1v) is 7.36. The van der Waals surface area contributed by atoms with Crippen LogP contribution in [0.2, 0.25) is 0 Å². The number of benzene rings is 1. The maximum absolute atomic E-state index is 5.66. The molecule has 0 aliphatic carbocycles. The molecule has 0 unspecified atom stereocenters. The number of aromatic nitrogens is 2. The third-order valence-electron chi connectivity index (χ3n) is 3.48. The van der Waals surface area contributed by atoms with Crippen molar-refractivity contribution in [2.24, 2.45) is 12.8 Å². The van der Waals surface area contributed by atoms with Crippen molar-refractivity contribution >= 4 is 15.9 Å². The quantitative estimate of drug-likeness (QED) is 0.932. The maximum Gasteiger partial charge on any atom is 0.122 e. The molecule has 2 aromatic rings. The van der Waals surface area contributed by atoms with E-state index in [1.54, 1.807) is 7.11 Å². The molecule has 108 valence electrons. The molecule has 0 saturated heterocycles. The zero-order chi connectivity index (χ0) is 14.9. The Balaban J connectivity index is 2.57. The van der Waals surface area contributed by atoms with Crippen molar-refractivity contribution in [2.45, 2.75) is 20.3 Å². The normalized spacial score (nSPS) is 10.9. The molecule has 0 aliphatic rings. The van der Waals surface area contributed by atoms with Gasteiger partial charge in [-0.2, -0.15) is 5.10 Å². The minimum absolute atomic E-state index is 0.609. The van der Waals surface area contributed by atoms with Crippen molar-refractivity contribution in [3.05, 3.63) is 33.4 Å². The van der Waals surface area contributed by atoms with Crippen LogP contribution in [-0.2, 0) is 13.5 Å². The Morgan fingerprint density at radius 3 is 2.60 bits per heavy atom. The van der Waals surface area contributed by atoms with E-state index < -0.39 is 0 Å². The molecule has 0 fully saturated rings. The molecular formula is C15H20BrN3O. The average Bonchev–Trinajstić information content (AvgIpc) is 2.69. The molecule has 2 N–H and O–H groups in total. The van der Waals surface area contributed by atoms with E-state index in [9.17, 15) is 0 Å². The van der Waals surface area contributed by atoms with Crippen LogP contribution in [0.5, 0.6) is 5.75 Å². The van der Waals surface area contributed by atoms with Gasteiger partial charge in [-0.15, -0.1) is 0 Å². The zero-order valence-electron chi connectivity index (χ0n) is 12.3. The van der Waals surface area contributed by atoms with Crippen molar-refractivity contribution in [1.29, 1.82) is 0 Å². The molecule has 0 bridgehead atoms. The van der Waals surface area contributed by atoms with Crippen molar-refractivity contribution in [2.75, 3.05) is 13.7 Å². The standard InChI is InChI=1S/C15H20BrN3O/c1-9-8-13(20-4)10(2)7-11(9)15-14(16)12(5-6-17)19(3)18-15/h7-8H,5-6,17H2,1-4H3. The Kier molecular flexibility index (Phi) is 4.50. The van der Waals surface area contributed by atoms with E-state index in [2.05, 4.69) is 34.0 Å². The number of nitrogens with zero attached hydrogens (tertiary/aromatic N) is 2. The third-order valence-corrected chi connectivity index (χ3v) is 4.31. The fourth-order valence-corrected chi connectivity index (χ4v) is 3.13.